The first kappa shape index (κ1) is 17.6. The van der Waals surface area contributed by atoms with E-state index in [1.54, 1.807) is 6.07 Å². The molecular formula is C21H26N2O2S. The van der Waals surface area contributed by atoms with Crippen molar-refractivity contribution in [3.05, 3.63) is 54.1 Å². The number of anilines is 1. The summed E-state index contributed by atoms with van der Waals surface area (Å²) in [5.74, 6) is 0. The van der Waals surface area contributed by atoms with Gasteiger partial charge in [-0.1, -0.05) is 42.8 Å². The first-order valence-corrected chi connectivity index (χ1v) is 11.3. The SMILES string of the molecule is CS(=O)(=O)Nc1cccc(-c2ccc(C3CCC4CCCCN43)cc2)c1. The Bertz CT molecular complexity index is 877. The molecule has 4 nitrogen and oxygen atoms in total. The van der Waals surface area contributed by atoms with Gasteiger partial charge in [-0.05, 0) is 61.1 Å². The Morgan fingerprint density at radius 2 is 1.77 bits per heavy atom. The summed E-state index contributed by atoms with van der Waals surface area (Å²) in [4.78, 5) is 2.70. The summed E-state index contributed by atoms with van der Waals surface area (Å²) in [5, 5.41) is 0. The molecule has 138 valence electrons. The molecule has 0 radical (unpaired) electrons. The van der Waals surface area contributed by atoms with E-state index in [0.29, 0.717) is 11.7 Å². The van der Waals surface area contributed by atoms with Crippen molar-refractivity contribution in [3.8, 4) is 11.1 Å². The number of hydrogen-bond acceptors (Lipinski definition) is 3. The van der Waals surface area contributed by atoms with Crippen molar-refractivity contribution in [2.75, 3.05) is 17.5 Å². The highest BCUT2D eigenvalue weighted by molar-refractivity contribution is 7.92. The molecule has 0 saturated carbocycles. The van der Waals surface area contributed by atoms with Gasteiger partial charge in [-0.15, -0.1) is 0 Å². The predicted molar refractivity (Wildman–Crippen MR) is 107 cm³/mol. The molecule has 5 heteroatoms. The van der Waals surface area contributed by atoms with Gasteiger partial charge in [0.2, 0.25) is 10.0 Å². The number of piperidine rings is 1. The highest BCUT2D eigenvalue weighted by Crippen LogP contribution is 2.40. The highest BCUT2D eigenvalue weighted by Gasteiger charge is 2.35. The molecule has 2 fully saturated rings. The third-order valence-electron chi connectivity index (χ3n) is 5.64. The van der Waals surface area contributed by atoms with Gasteiger partial charge in [-0.2, -0.15) is 0 Å². The van der Waals surface area contributed by atoms with Gasteiger partial charge in [0.15, 0.2) is 0 Å². The van der Waals surface area contributed by atoms with Crippen LogP contribution in [0.3, 0.4) is 0 Å². The molecule has 2 saturated heterocycles. The molecule has 4 rings (SSSR count). The van der Waals surface area contributed by atoms with Crippen LogP contribution in [0.2, 0.25) is 0 Å². The van der Waals surface area contributed by atoms with Crippen molar-refractivity contribution in [3.63, 3.8) is 0 Å². The predicted octanol–water partition coefficient (Wildman–Crippen LogP) is 4.41. The fourth-order valence-corrected chi connectivity index (χ4v) is 5.05. The summed E-state index contributed by atoms with van der Waals surface area (Å²) in [5.41, 5.74) is 4.14. The van der Waals surface area contributed by atoms with E-state index in [4.69, 9.17) is 0 Å². The van der Waals surface area contributed by atoms with Crippen LogP contribution in [0.5, 0.6) is 0 Å². The Morgan fingerprint density at radius 3 is 2.54 bits per heavy atom. The number of benzene rings is 2. The van der Waals surface area contributed by atoms with Crippen LogP contribution in [0.4, 0.5) is 5.69 Å². The lowest BCUT2D eigenvalue weighted by molar-refractivity contribution is 0.150. The van der Waals surface area contributed by atoms with Crippen LogP contribution >= 0.6 is 0 Å². The van der Waals surface area contributed by atoms with Crippen molar-refractivity contribution >= 4 is 15.7 Å². The summed E-state index contributed by atoms with van der Waals surface area (Å²) >= 11 is 0. The van der Waals surface area contributed by atoms with Crippen LogP contribution in [0.25, 0.3) is 11.1 Å². The molecule has 2 atom stereocenters. The standard InChI is InChI=1S/C21H26N2O2S/c1-26(24,25)22-19-6-4-5-18(15-19)16-8-10-17(11-9-16)21-13-12-20-7-2-3-14-23(20)21/h4-6,8-11,15,20-22H,2-3,7,12-14H2,1H3. The van der Waals surface area contributed by atoms with Gasteiger partial charge in [-0.25, -0.2) is 8.42 Å². The first-order valence-electron chi connectivity index (χ1n) is 9.43. The summed E-state index contributed by atoms with van der Waals surface area (Å²) in [6.07, 6.45) is 7.82. The van der Waals surface area contributed by atoms with E-state index in [0.717, 1.165) is 17.2 Å². The number of rotatable bonds is 4. The fourth-order valence-electron chi connectivity index (χ4n) is 4.49. The molecule has 0 aromatic heterocycles. The summed E-state index contributed by atoms with van der Waals surface area (Å²) in [6, 6.07) is 17.7. The average Bonchev–Trinajstić information content (AvgIpc) is 3.05. The van der Waals surface area contributed by atoms with E-state index in [-0.39, 0.29) is 0 Å². The molecule has 2 aliphatic rings. The Hall–Kier alpha value is -1.85. The number of nitrogens with zero attached hydrogens (tertiary/aromatic N) is 1. The molecule has 2 aromatic carbocycles. The molecular weight excluding hydrogens is 344 g/mol. The molecule has 1 N–H and O–H groups in total. The molecule has 26 heavy (non-hydrogen) atoms. The highest BCUT2D eigenvalue weighted by atomic mass is 32.2. The monoisotopic (exact) mass is 370 g/mol. The number of hydrogen-bond donors (Lipinski definition) is 1. The zero-order valence-corrected chi connectivity index (χ0v) is 16.0. The fraction of sp³-hybridized carbons (Fsp3) is 0.429. The van der Waals surface area contributed by atoms with Gasteiger partial charge in [0, 0.05) is 17.8 Å². The van der Waals surface area contributed by atoms with Gasteiger partial charge in [0.25, 0.3) is 0 Å². The molecule has 2 unspecified atom stereocenters. The topological polar surface area (TPSA) is 49.4 Å². The normalized spacial score (nSPS) is 23.6. The van der Waals surface area contributed by atoms with Gasteiger partial charge >= 0.3 is 0 Å². The largest absolute Gasteiger partial charge is 0.293 e. The van der Waals surface area contributed by atoms with Crippen molar-refractivity contribution in [2.45, 2.75) is 44.2 Å². The van der Waals surface area contributed by atoms with E-state index in [2.05, 4.69) is 33.9 Å². The minimum absolute atomic E-state index is 0.563. The van der Waals surface area contributed by atoms with Crippen molar-refractivity contribution in [2.24, 2.45) is 0 Å². The molecule has 0 amide bonds. The van der Waals surface area contributed by atoms with E-state index in [1.807, 2.05) is 18.2 Å². The summed E-state index contributed by atoms with van der Waals surface area (Å²) in [6.45, 7) is 1.23. The minimum Gasteiger partial charge on any atom is -0.293 e. The molecule has 0 bridgehead atoms. The lowest BCUT2D eigenvalue weighted by Crippen LogP contribution is -2.35. The smallest absolute Gasteiger partial charge is 0.229 e. The van der Waals surface area contributed by atoms with Crippen molar-refractivity contribution < 1.29 is 8.42 Å². The summed E-state index contributed by atoms with van der Waals surface area (Å²) < 4.78 is 25.4. The molecule has 0 spiro atoms. The van der Waals surface area contributed by atoms with Gasteiger partial charge in [-0.3, -0.25) is 9.62 Å². The van der Waals surface area contributed by atoms with E-state index in [9.17, 15) is 8.42 Å². The maximum atomic E-state index is 11.4. The first-order chi connectivity index (χ1) is 12.5. The van der Waals surface area contributed by atoms with Crippen LogP contribution in [-0.2, 0) is 10.0 Å². The second kappa shape index (κ2) is 7.05. The number of fused-ring (bicyclic) bond motifs is 1. The minimum atomic E-state index is -3.26. The molecule has 2 aliphatic heterocycles. The average molecular weight is 371 g/mol. The van der Waals surface area contributed by atoms with Crippen molar-refractivity contribution in [1.82, 2.24) is 4.90 Å². The molecule has 2 heterocycles. The number of sulfonamides is 1. The van der Waals surface area contributed by atoms with Crippen molar-refractivity contribution in [1.29, 1.82) is 0 Å². The Morgan fingerprint density at radius 1 is 0.962 bits per heavy atom. The maximum Gasteiger partial charge on any atom is 0.229 e. The molecule has 2 aromatic rings. The molecule has 0 aliphatic carbocycles. The van der Waals surface area contributed by atoms with Crippen LogP contribution in [0.15, 0.2) is 48.5 Å². The third-order valence-corrected chi connectivity index (χ3v) is 6.25. The Balaban J connectivity index is 1.54. The summed E-state index contributed by atoms with van der Waals surface area (Å²) in [7, 11) is -3.26. The van der Waals surface area contributed by atoms with Crippen LogP contribution in [0, 0.1) is 0 Å². The Labute approximate surface area is 156 Å². The third kappa shape index (κ3) is 3.79. The lowest BCUT2D eigenvalue weighted by atomic mass is 9.99. The number of nitrogens with one attached hydrogen (secondary N) is 1. The van der Waals surface area contributed by atoms with Crippen LogP contribution in [-0.4, -0.2) is 32.2 Å². The zero-order valence-electron chi connectivity index (χ0n) is 15.2. The van der Waals surface area contributed by atoms with Gasteiger partial charge in [0.1, 0.15) is 0 Å². The van der Waals surface area contributed by atoms with E-state index in [1.165, 1.54) is 50.5 Å². The van der Waals surface area contributed by atoms with E-state index >= 15 is 0 Å². The van der Waals surface area contributed by atoms with Crippen LogP contribution in [0.1, 0.15) is 43.7 Å². The Kier molecular flexibility index (Phi) is 4.76. The van der Waals surface area contributed by atoms with Gasteiger partial charge < -0.3 is 0 Å². The lowest BCUT2D eigenvalue weighted by Gasteiger charge is -2.34. The van der Waals surface area contributed by atoms with Crippen LogP contribution < -0.4 is 4.72 Å². The quantitative estimate of drug-likeness (QED) is 0.867. The second-order valence-electron chi connectivity index (χ2n) is 7.56. The van der Waals surface area contributed by atoms with E-state index < -0.39 is 10.0 Å². The van der Waals surface area contributed by atoms with Gasteiger partial charge in [0.05, 0.1) is 6.26 Å². The maximum absolute atomic E-state index is 11.4. The second-order valence-corrected chi connectivity index (χ2v) is 9.31. The zero-order chi connectivity index (χ0) is 18.1.